The highest BCUT2D eigenvalue weighted by molar-refractivity contribution is 6.02. The average molecular weight is 290 g/mol. The van der Waals surface area contributed by atoms with Crippen LogP contribution < -0.4 is 5.32 Å². The lowest BCUT2D eigenvalue weighted by molar-refractivity contribution is -0.115. The van der Waals surface area contributed by atoms with Crippen molar-refractivity contribution in [3.8, 4) is 0 Å². The molecule has 1 aromatic heterocycles. The zero-order valence-corrected chi connectivity index (χ0v) is 12.8. The zero-order valence-electron chi connectivity index (χ0n) is 12.8. The minimum atomic E-state index is -0.0159. The minimum absolute atomic E-state index is 0.0159. The molecule has 0 aliphatic carbocycles. The number of aromatic nitrogens is 1. The molecular weight excluding hydrogens is 272 g/mol. The Hall–Kier alpha value is -2.68. The third-order valence-corrected chi connectivity index (χ3v) is 3.73. The van der Waals surface area contributed by atoms with Crippen LogP contribution in [0, 0.1) is 13.8 Å². The summed E-state index contributed by atoms with van der Waals surface area (Å²) in [6.07, 6.45) is 2.14. The molecule has 3 rings (SSSR count). The molecule has 0 bridgehead atoms. The molecule has 0 fully saturated rings. The zero-order chi connectivity index (χ0) is 15.5. The number of hydrogen-bond donors (Lipinski definition) is 1. The molecule has 1 heterocycles. The number of fused-ring (bicyclic) bond motifs is 1. The van der Waals surface area contributed by atoms with E-state index in [4.69, 9.17) is 0 Å². The maximum atomic E-state index is 12.3. The van der Waals surface area contributed by atoms with Crippen LogP contribution in [0.4, 0.5) is 5.69 Å². The Morgan fingerprint density at radius 2 is 1.82 bits per heavy atom. The molecule has 0 radical (unpaired) electrons. The van der Waals surface area contributed by atoms with Gasteiger partial charge in [0.15, 0.2) is 0 Å². The lowest BCUT2D eigenvalue weighted by Crippen LogP contribution is -2.14. The second-order valence-corrected chi connectivity index (χ2v) is 5.54. The van der Waals surface area contributed by atoms with Gasteiger partial charge >= 0.3 is 0 Å². The Morgan fingerprint density at radius 1 is 1.05 bits per heavy atom. The number of carbonyl (C=O) groups is 1. The third kappa shape index (κ3) is 2.98. The molecule has 0 spiro atoms. The van der Waals surface area contributed by atoms with E-state index in [2.05, 4.69) is 10.3 Å². The largest absolute Gasteiger partial charge is 0.325 e. The number of aryl methyl sites for hydroxylation is 2. The average Bonchev–Trinajstić information content (AvgIpc) is 2.53. The van der Waals surface area contributed by atoms with E-state index in [1.807, 2.05) is 62.4 Å². The summed E-state index contributed by atoms with van der Waals surface area (Å²) in [5.74, 6) is -0.0159. The normalized spacial score (nSPS) is 10.6. The number of carbonyl (C=O) groups excluding carboxylic acids is 1. The second-order valence-electron chi connectivity index (χ2n) is 5.54. The smallest absolute Gasteiger partial charge is 0.228 e. The van der Waals surface area contributed by atoms with Gasteiger partial charge in [0.1, 0.15) is 0 Å². The first kappa shape index (κ1) is 14.3. The Bertz CT molecular complexity index is 822. The van der Waals surface area contributed by atoms with Crippen LogP contribution >= 0.6 is 0 Å². The molecule has 3 nitrogen and oxygen atoms in total. The fourth-order valence-corrected chi connectivity index (χ4v) is 2.51. The van der Waals surface area contributed by atoms with Crippen LogP contribution in [-0.4, -0.2) is 10.9 Å². The number of anilines is 1. The van der Waals surface area contributed by atoms with Crippen molar-refractivity contribution in [1.29, 1.82) is 0 Å². The number of benzene rings is 2. The van der Waals surface area contributed by atoms with Crippen LogP contribution in [0.1, 0.15) is 16.7 Å². The monoisotopic (exact) mass is 290 g/mol. The SMILES string of the molecule is Cc1ccc(CC(=O)Nc2ccc(C)c3ncccc23)cc1. The standard InChI is InChI=1S/C19H18N2O/c1-13-5-8-15(9-6-13)12-18(22)21-17-10-7-14(2)19-16(17)4-3-11-20-19/h3-11H,12H2,1-2H3,(H,21,22). The van der Waals surface area contributed by atoms with Gasteiger partial charge in [-0.3, -0.25) is 9.78 Å². The maximum Gasteiger partial charge on any atom is 0.228 e. The third-order valence-electron chi connectivity index (χ3n) is 3.73. The lowest BCUT2D eigenvalue weighted by Gasteiger charge is -2.10. The van der Waals surface area contributed by atoms with Crippen LogP contribution in [0.2, 0.25) is 0 Å². The predicted molar refractivity (Wildman–Crippen MR) is 90.0 cm³/mol. The molecule has 1 amide bonds. The van der Waals surface area contributed by atoms with Crippen molar-refractivity contribution >= 4 is 22.5 Å². The summed E-state index contributed by atoms with van der Waals surface area (Å²) < 4.78 is 0. The van der Waals surface area contributed by atoms with Gasteiger partial charge in [0.25, 0.3) is 0 Å². The first-order valence-corrected chi connectivity index (χ1v) is 7.33. The number of nitrogens with zero attached hydrogens (tertiary/aromatic N) is 1. The van der Waals surface area contributed by atoms with Crippen LogP contribution in [0.5, 0.6) is 0 Å². The molecule has 3 heteroatoms. The van der Waals surface area contributed by atoms with E-state index in [1.54, 1.807) is 6.20 Å². The van der Waals surface area contributed by atoms with E-state index >= 15 is 0 Å². The fourth-order valence-electron chi connectivity index (χ4n) is 2.51. The van der Waals surface area contributed by atoms with E-state index in [1.165, 1.54) is 5.56 Å². The van der Waals surface area contributed by atoms with Crippen LogP contribution in [0.15, 0.2) is 54.7 Å². The van der Waals surface area contributed by atoms with E-state index in [0.717, 1.165) is 27.7 Å². The van der Waals surface area contributed by atoms with E-state index in [-0.39, 0.29) is 5.91 Å². The number of pyridine rings is 1. The van der Waals surface area contributed by atoms with Gasteiger partial charge in [-0.1, -0.05) is 35.9 Å². The number of hydrogen-bond acceptors (Lipinski definition) is 2. The topological polar surface area (TPSA) is 42.0 Å². The van der Waals surface area contributed by atoms with Gasteiger partial charge in [-0.2, -0.15) is 0 Å². The molecule has 3 aromatic rings. The van der Waals surface area contributed by atoms with E-state index in [9.17, 15) is 4.79 Å². The first-order chi connectivity index (χ1) is 10.6. The maximum absolute atomic E-state index is 12.3. The summed E-state index contributed by atoms with van der Waals surface area (Å²) in [7, 11) is 0. The summed E-state index contributed by atoms with van der Waals surface area (Å²) in [4.78, 5) is 16.7. The van der Waals surface area contributed by atoms with Crippen LogP contribution in [0.25, 0.3) is 10.9 Å². The van der Waals surface area contributed by atoms with Gasteiger partial charge < -0.3 is 5.32 Å². The highest BCUT2D eigenvalue weighted by Crippen LogP contribution is 2.24. The van der Waals surface area contributed by atoms with Gasteiger partial charge in [0.05, 0.1) is 17.6 Å². The first-order valence-electron chi connectivity index (χ1n) is 7.33. The molecule has 1 N–H and O–H groups in total. The van der Waals surface area contributed by atoms with Crippen molar-refractivity contribution in [3.63, 3.8) is 0 Å². The van der Waals surface area contributed by atoms with Crippen molar-refractivity contribution in [2.24, 2.45) is 0 Å². The molecule has 22 heavy (non-hydrogen) atoms. The molecule has 2 aromatic carbocycles. The summed E-state index contributed by atoms with van der Waals surface area (Å²) >= 11 is 0. The number of nitrogens with one attached hydrogen (secondary N) is 1. The van der Waals surface area contributed by atoms with Crippen molar-refractivity contribution in [2.75, 3.05) is 5.32 Å². The van der Waals surface area contributed by atoms with Gasteiger partial charge in [-0.05, 0) is 43.2 Å². The molecular formula is C19H18N2O. The lowest BCUT2D eigenvalue weighted by atomic mass is 10.1. The second kappa shape index (κ2) is 5.98. The van der Waals surface area contributed by atoms with Crippen molar-refractivity contribution in [1.82, 2.24) is 4.98 Å². The Kier molecular flexibility index (Phi) is 3.88. The fraction of sp³-hybridized carbons (Fsp3) is 0.158. The Labute approximate surface area is 130 Å². The Morgan fingerprint density at radius 3 is 2.59 bits per heavy atom. The Balaban J connectivity index is 1.82. The van der Waals surface area contributed by atoms with Crippen LogP contribution in [-0.2, 0) is 11.2 Å². The van der Waals surface area contributed by atoms with Gasteiger partial charge in [-0.15, -0.1) is 0 Å². The number of rotatable bonds is 3. The van der Waals surface area contributed by atoms with Crippen molar-refractivity contribution in [3.05, 3.63) is 71.4 Å². The highest BCUT2D eigenvalue weighted by atomic mass is 16.1. The van der Waals surface area contributed by atoms with E-state index < -0.39 is 0 Å². The van der Waals surface area contributed by atoms with Crippen molar-refractivity contribution < 1.29 is 4.79 Å². The minimum Gasteiger partial charge on any atom is -0.325 e. The van der Waals surface area contributed by atoms with E-state index in [0.29, 0.717) is 6.42 Å². The van der Waals surface area contributed by atoms with Gasteiger partial charge in [0, 0.05) is 11.6 Å². The molecule has 0 unspecified atom stereocenters. The van der Waals surface area contributed by atoms with Gasteiger partial charge in [0.2, 0.25) is 5.91 Å². The van der Waals surface area contributed by atoms with Gasteiger partial charge in [-0.25, -0.2) is 0 Å². The molecule has 0 saturated heterocycles. The summed E-state index contributed by atoms with van der Waals surface area (Å²) in [5.41, 5.74) is 5.05. The summed E-state index contributed by atoms with van der Waals surface area (Å²) in [6.45, 7) is 4.06. The number of amides is 1. The summed E-state index contributed by atoms with van der Waals surface area (Å²) in [5, 5.41) is 3.97. The van der Waals surface area contributed by atoms with Crippen molar-refractivity contribution in [2.45, 2.75) is 20.3 Å². The van der Waals surface area contributed by atoms with Crippen LogP contribution in [0.3, 0.4) is 0 Å². The quantitative estimate of drug-likeness (QED) is 0.791. The molecule has 0 aliphatic heterocycles. The summed E-state index contributed by atoms with van der Waals surface area (Å²) in [6, 6.07) is 15.8. The molecule has 0 saturated carbocycles. The predicted octanol–water partition coefficient (Wildman–Crippen LogP) is 4.03. The molecule has 0 atom stereocenters. The molecule has 0 aliphatic rings. The molecule has 110 valence electrons. The highest BCUT2D eigenvalue weighted by Gasteiger charge is 2.08.